The number of fused-ring (bicyclic) bond motifs is 2. The van der Waals surface area contributed by atoms with Gasteiger partial charge in [0.15, 0.2) is 5.78 Å². The molecule has 0 heterocycles. The quantitative estimate of drug-likeness (QED) is 0.269. The number of hydrogen-bond donors (Lipinski definition) is 5. The highest BCUT2D eigenvalue weighted by molar-refractivity contribution is 6.35. The van der Waals surface area contributed by atoms with Crippen LogP contribution in [0.2, 0.25) is 0 Å². The highest BCUT2D eigenvalue weighted by Crippen LogP contribution is 2.39. The van der Waals surface area contributed by atoms with Crippen molar-refractivity contribution in [1.29, 1.82) is 0 Å². The van der Waals surface area contributed by atoms with E-state index >= 15 is 0 Å². The van der Waals surface area contributed by atoms with Crippen molar-refractivity contribution in [1.82, 2.24) is 0 Å². The largest absolute Gasteiger partial charge is 0.478 e. The predicted octanol–water partition coefficient (Wildman–Crippen LogP) is 2.18. The Morgan fingerprint density at radius 3 is 1.97 bits per heavy atom. The molecule has 3 rings (SSSR count). The summed E-state index contributed by atoms with van der Waals surface area (Å²) in [5.74, 6) is -3.67. The van der Waals surface area contributed by atoms with Crippen LogP contribution in [0.4, 0.5) is 11.4 Å². The summed E-state index contributed by atoms with van der Waals surface area (Å²) in [5.41, 5.74) is 11.0. The topological polar surface area (TPSA) is 176 Å². The fraction of sp³-hybridized carbons (Fsp3) is 0.273. The average Bonchev–Trinajstić information content (AvgIpc) is 2.73. The van der Waals surface area contributed by atoms with Gasteiger partial charge in [-0.2, -0.15) is 0 Å². The number of nitrogens with zero attached hydrogens (tertiary/aromatic N) is 1. The van der Waals surface area contributed by atoms with E-state index < -0.39 is 34.5 Å². The van der Waals surface area contributed by atoms with Crippen LogP contribution in [-0.4, -0.2) is 51.9 Å². The molecule has 9 nitrogen and oxygen atoms in total. The van der Waals surface area contributed by atoms with Gasteiger partial charge in [-0.3, -0.25) is 9.79 Å². The van der Waals surface area contributed by atoms with E-state index in [1.807, 2.05) is 0 Å². The molecule has 2 aromatic rings. The predicted molar refractivity (Wildman–Crippen MR) is 115 cm³/mol. The van der Waals surface area contributed by atoms with E-state index in [9.17, 15) is 24.6 Å². The van der Waals surface area contributed by atoms with E-state index in [1.165, 1.54) is 0 Å². The fourth-order valence-electron chi connectivity index (χ4n) is 3.80. The van der Waals surface area contributed by atoms with E-state index in [1.54, 1.807) is 24.3 Å². The lowest BCUT2D eigenvalue weighted by Crippen LogP contribution is -2.28. The molecule has 9 heteroatoms. The molecule has 0 atom stereocenters. The van der Waals surface area contributed by atoms with Crippen molar-refractivity contribution in [3.05, 3.63) is 57.6 Å². The third kappa shape index (κ3) is 3.87. The van der Waals surface area contributed by atoms with Crippen LogP contribution < -0.4 is 11.5 Å². The van der Waals surface area contributed by atoms with Crippen LogP contribution in [-0.2, 0) is 0 Å². The van der Waals surface area contributed by atoms with Gasteiger partial charge in [0.2, 0.25) is 0 Å². The summed E-state index contributed by atoms with van der Waals surface area (Å²) < 4.78 is 0. The van der Waals surface area contributed by atoms with Gasteiger partial charge in [-0.25, -0.2) is 9.59 Å². The Morgan fingerprint density at radius 1 is 0.839 bits per heavy atom. The van der Waals surface area contributed by atoms with Gasteiger partial charge in [-0.05, 0) is 12.8 Å². The minimum Gasteiger partial charge on any atom is -0.478 e. The van der Waals surface area contributed by atoms with E-state index in [4.69, 9.17) is 16.6 Å². The second-order valence-corrected chi connectivity index (χ2v) is 7.18. The molecule has 0 amide bonds. The fourth-order valence-corrected chi connectivity index (χ4v) is 3.80. The first kappa shape index (κ1) is 22.0. The molecule has 162 valence electrons. The Hall–Kier alpha value is -3.72. The van der Waals surface area contributed by atoms with Crippen LogP contribution in [0.1, 0.15) is 73.4 Å². The number of carboxylic acids is 2. The van der Waals surface area contributed by atoms with Gasteiger partial charge in [-0.15, -0.1) is 0 Å². The highest BCUT2D eigenvalue weighted by Gasteiger charge is 2.37. The van der Waals surface area contributed by atoms with Crippen molar-refractivity contribution >= 4 is 34.8 Å². The Labute approximate surface area is 178 Å². The summed E-state index contributed by atoms with van der Waals surface area (Å²) in [5, 5.41) is 28.1. The van der Waals surface area contributed by atoms with Crippen LogP contribution >= 0.6 is 0 Å². The third-order valence-corrected chi connectivity index (χ3v) is 5.23. The normalized spacial score (nSPS) is 13.7. The molecule has 7 N–H and O–H groups in total. The van der Waals surface area contributed by atoms with Gasteiger partial charge in [0.1, 0.15) is 0 Å². The Balaban J connectivity index is 2.23. The van der Waals surface area contributed by atoms with Crippen molar-refractivity contribution in [2.75, 3.05) is 24.6 Å². The Bertz CT molecular complexity index is 1110. The van der Waals surface area contributed by atoms with Gasteiger partial charge in [0.25, 0.3) is 0 Å². The molecule has 0 saturated heterocycles. The maximum absolute atomic E-state index is 13.2. The van der Waals surface area contributed by atoms with E-state index in [-0.39, 0.29) is 23.4 Å². The number of carbonyl (C=O) groups excluding carboxylic acids is 1. The number of aliphatic hydroxyl groups excluding tert-OH is 1. The lowest BCUT2D eigenvalue weighted by molar-refractivity contribution is 0.0653. The number of benzene rings is 2. The zero-order valence-electron chi connectivity index (χ0n) is 16.7. The number of nitrogens with two attached hydrogens (primary N) is 2. The molecule has 2 aromatic carbocycles. The number of hydrogen-bond acceptors (Lipinski definition) is 7. The number of aliphatic imine (C=N–C) groups is 1. The van der Waals surface area contributed by atoms with Gasteiger partial charge in [-0.1, -0.05) is 37.1 Å². The minimum absolute atomic E-state index is 0.0546. The van der Waals surface area contributed by atoms with Crippen LogP contribution in [0, 0.1) is 0 Å². The third-order valence-electron chi connectivity index (χ3n) is 5.23. The molecule has 0 radical (unpaired) electrons. The Morgan fingerprint density at radius 2 is 1.39 bits per heavy atom. The number of carbonyl (C=O) groups is 3. The van der Waals surface area contributed by atoms with Crippen LogP contribution in [0.25, 0.3) is 0 Å². The molecule has 0 unspecified atom stereocenters. The van der Waals surface area contributed by atoms with Crippen LogP contribution in [0.15, 0.2) is 29.3 Å². The summed E-state index contributed by atoms with van der Waals surface area (Å²) in [4.78, 5) is 41.4. The molecule has 1 aliphatic carbocycles. The first-order valence-corrected chi connectivity index (χ1v) is 9.82. The summed E-state index contributed by atoms with van der Waals surface area (Å²) in [6, 6.07) is 6.65. The number of rotatable bonds is 8. The average molecular weight is 425 g/mol. The van der Waals surface area contributed by atoms with Crippen LogP contribution in [0.5, 0.6) is 0 Å². The van der Waals surface area contributed by atoms with Gasteiger partial charge in [0.05, 0.1) is 33.8 Å². The van der Waals surface area contributed by atoms with Crippen molar-refractivity contribution in [2.24, 2.45) is 4.99 Å². The van der Waals surface area contributed by atoms with E-state index in [2.05, 4.69) is 4.99 Å². The molecular weight excluding hydrogens is 402 g/mol. The summed E-state index contributed by atoms with van der Waals surface area (Å²) in [6.07, 6.45) is 3.08. The number of carboxylic acid groups (broad SMARTS) is 2. The summed E-state index contributed by atoms with van der Waals surface area (Å²) in [7, 11) is 0. The SMILES string of the molecule is Nc1c(C(=O)O)c(C(=O)O)c(N)c2c1C(=O)c1ccccc1C2=NCCCCCCO. The molecule has 31 heavy (non-hydrogen) atoms. The molecule has 0 saturated carbocycles. The standard InChI is InChI=1S/C22H23N3O6/c23-17-13-14(18(24)16(22(30)31)15(17)21(28)29)20(27)12-8-4-3-7-11(12)19(13)25-9-5-1-2-6-10-26/h3-4,7-8,26H,1-2,5-6,9-10,23-24H2,(H,28,29)(H,30,31). The molecule has 0 aromatic heterocycles. The monoisotopic (exact) mass is 425 g/mol. The van der Waals surface area contributed by atoms with Crippen LogP contribution in [0.3, 0.4) is 0 Å². The molecule has 0 aliphatic heterocycles. The maximum atomic E-state index is 13.2. The lowest BCUT2D eigenvalue weighted by atomic mass is 9.79. The van der Waals surface area contributed by atoms with Gasteiger partial charge >= 0.3 is 11.9 Å². The number of nitrogen functional groups attached to an aromatic ring is 2. The number of aliphatic hydroxyl groups is 1. The summed E-state index contributed by atoms with van der Waals surface area (Å²) in [6.45, 7) is 0.502. The van der Waals surface area contributed by atoms with E-state index in [0.29, 0.717) is 36.2 Å². The number of anilines is 2. The second-order valence-electron chi connectivity index (χ2n) is 7.18. The molecule has 0 fully saturated rings. The number of ketones is 1. The van der Waals surface area contributed by atoms with Crippen molar-refractivity contribution in [3.63, 3.8) is 0 Å². The summed E-state index contributed by atoms with van der Waals surface area (Å²) >= 11 is 0. The molecule has 0 bridgehead atoms. The zero-order chi connectivity index (χ0) is 22.7. The molecule has 0 spiro atoms. The minimum atomic E-state index is -1.58. The van der Waals surface area contributed by atoms with Crippen molar-refractivity contribution < 1.29 is 29.7 Å². The number of aromatic carboxylic acids is 2. The van der Waals surface area contributed by atoms with Crippen molar-refractivity contribution in [3.8, 4) is 0 Å². The smallest absolute Gasteiger partial charge is 0.338 e. The zero-order valence-corrected chi connectivity index (χ0v) is 16.7. The number of unbranched alkanes of at least 4 members (excludes halogenated alkanes) is 3. The van der Waals surface area contributed by atoms with Gasteiger partial charge in [0, 0.05) is 29.8 Å². The second kappa shape index (κ2) is 8.97. The first-order chi connectivity index (χ1) is 14.8. The lowest BCUT2D eigenvalue weighted by Gasteiger charge is -2.25. The molecule has 1 aliphatic rings. The maximum Gasteiger partial charge on any atom is 0.338 e. The van der Waals surface area contributed by atoms with E-state index in [0.717, 1.165) is 12.8 Å². The highest BCUT2D eigenvalue weighted by atomic mass is 16.4. The Kier molecular flexibility index (Phi) is 6.36. The van der Waals surface area contributed by atoms with Crippen molar-refractivity contribution in [2.45, 2.75) is 25.7 Å². The van der Waals surface area contributed by atoms with Gasteiger partial charge < -0.3 is 26.8 Å². The first-order valence-electron chi connectivity index (χ1n) is 9.82. The molecular formula is C22H23N3O6.